The van der Waals surface area contributed by atoms with E-state index in [0.29, 0.717) is 0 Å². The summed E-state index contributed by atoms with van der Waals surface area (Å²) in [4.78, 5) is 1.21. The zero-order chi connectivity index (χ0) is 13.7. The third-order valence-corrected chi connectivity index (χ3v) is 3.97. The number of nitrogens with one attached hydrogen (secondary N) is 1. The average molecular weight is 277 g/mol. The molecule has 0 radical (unpaired) electrons. The Kier molecular flexibility index (Phi) is 4.87. The molecule has 19 heavy (non-hydrogen) atoms. The lowest BCUT2D eigenvalue weighted by Gasteiger charge is -2.17. The number of ether oxygens (including phenoxy) is 1. The Bertz CT molecular complexity index is 527. The van der Waals surface area contributed by atoms with Crippen molar-refractivity contribution in [2.45, 2.75) is 26.3 Å². The zero-order valence-electron chi connectivity index (χ0n) is 11.5. The van der Waals surface area contributed by atoms with Gasteiger partial charge in [-0.1, -0.05) is 23.5 Å². The molecule has 0 aliphatic heterocycles. The van der Waals surface area contributed by atoms with E-state index in [-0.39, 0.29) is 6.04 Å². The predicted molar refractivity (Wildman–Crippen MR) is 77.8 cm³/mol. The van der Waals surface area contributed by atoms with Gasteiger partial charge in [0.15, 0.2) is 0 Å². The van der Waals surface area contributed by atoms with Crippen molar-refractivity contribution in [3.05, 3.63) is 40.4 Å². The second-order valence-corrected chi connectivity index (χ2v) is 5.17. The Labute approximate surface area is 118 Å². The molecule has 4 nitrogen and oxygen atoms in total. The number of rotatable bonds is 6. The molecule has 0 aliphatic carbocycles. The summed E-state index contributed by atoms with van der Waals surface area (Å²) >= 11 is 1.47. The van der Waals surface area contributed by atoms with Crippen molar-refractivity contribution in [2.24, 2.45) is 0 Å². The molecule has 0 bridgehead atoms. The van der Waals surface area contributed by atoms with Crippen molar-refractivity contribution in [2.75, 3.05) is 13.7 Å². The van der Waals surface area contributed by atoms with E-state index in [0.717, 1.165) is 24.4 Å². The highest BCUT2D eigenvalue weighted by Gasteiger charge is 2.17. The summed E-state index contributed by atoms with van der Waals surface area (Å²) in [5.41, 5.74) is 2.26. The van der Waals surface area contributed by atoms with E-state index in [1.807, 2.05) is 19.1 Å². The van der Waals surface area contributed by atoms with Gasteiger partial charge in [0.1, 0.15) is 5.75 Å². The molecule has 0 spiro atoms. The van der Waals surface area contributed by atoms with E-state index in [1.54, 1.807) is 7.11 Å². The molecule has 1 aromatic carbocycles. The second kappa shape index (κ2) is 6.63. The number of likely N-dealkylation sites (N-methyl/N-ethyl adjacent to an activating group) is 1. The fraction of sp³-hybridized carbons (Fsp3) is 0.429. The van der Waals surface area contributed by atoms with Crippen molar-refractivity contribution >= 4 is 11.5 Å². The topological polar surface area (TPSA) is 47.0 Å². The molecule has 1 heterocycles. The summed E-state index contributed by atoms with van der Waals surface area (Å²) < 4.78 is 9.30. The molecule has 2 rings (SSSR count). The minimum Gasteiger partial charge on any atom is -0.497 e. The van der Waals surface area contributed by atoms with Crippen molar-refractivity contribution in [3.8, 4) is 5.75 Å². The number of aromatic nitrogens is 2. The van der Waals surface area contributed by atoms with Gasteiger partial charge in [-0.25, -0.2) is 0 Å². The summed E-state index contributed by atoms with van der Waals surface area (Å²) in [5, 5.41) is 7.60. The molecular formula is C14H19N3OS. The van der Waals surface area contributed by atoms with Crippen LogP contribution < -0.4 is 10.1 Å². The fourth-order valence-corrected chi connectivity index (χ4v) is 2.81. The van der Waals surface area contributed by atoms with Crippen LogP contribution in [0.5, 0.6) is 5.75 Å². The number of hydrogen-bond donors (Lipinski definition) is 1. The van der Waals surface area contributed by atoms with E-state index in [1.165, 1.54) is 22.0 Å². The molecule has 0 aliphatic rings. The molecule has 0 saturated heterocycles. The maximum absolute atomic E-state index is 5.27. The van der Waals surface area contributed by atoms with E-state index < -0.39 is 0 Å². The first-order valence-electron chi connectivity index (χ1n) is 6.39. The van der Waals surface area contributed by atoms with Gasteiger partial charge in [0.2, 0.25) is 0 Å². The van der Waals surface area contributed by atoms with Crippen LogP contribution in [0.25, 0.3) is 0 Å². The third-order valence-electron chi connectivity index (χ3n) is 3.03. The quantitative estimate of drug-likeness (QED) is 0.882. The summed E-state index contributed by atoms with van der Waals surface area (Å²) in [6.07, 6.45) is 0.912. The first-order valence-corrected chi connectivity index (χ1v) is 7.17. The van der Waals surface area contributed by atoms with Crippen molar-refractivity contribution in [1.29, 1.82) is 0 Å². The average Bonchev–Trinajstić information content (AvgIpc) is 2.85. The Morgan fingerprint density at radius 3 is 2.89 bits per heavy atom. The van der Waals surface area contributed by atoms with Crippen LogP contribution in [0.3, 0.4) is 0 Å². The van der Waals surface area contributed by atoms with Crippen LogP contribution in [0.15, 0.2) is 24.3 Å². The van der Waals surface area contributed by atoms with Crippen LogP contribution in [0.4, 0.5) is 0 Å². The van der Waals surface area contributed by atoms with Crippen LogP contribution in [0.2, 0.25) is 0 Å². The van der Waals surface area contributed by atoms with Crippen LogP contribution >= 0.6 is 11.5 Å². The molecule has 1 aromatic heterocycles. The molecule has 0 saturated carbocycles. The predicted octanol–water partition coefficient (Wildman–Crippen LogP) is 2.75. The number of nitrogens with zero attached hydrogens (tertiary/aromatic N) is 2. The molecule has 102 valence electrons. The minimum atomic E-state index is 0.261. The van der Waals surface area contributed by atoms with Gasteiger partial charge in [-0.3, -0.25) is 0 Å². The minimum absolute atomic E-state index is 0.261. The van der Waals surface area contributed by atoms with E-state index in [2.05, 4.69) is 34.0 Å². The summed E-state index contributed by atoms with van der Waals surface area (Å²) in [7, 11) is 1.69. The smallest absolute Gasteiger partial charge is 0.119 e. The van der Waals surface area contributed by atoms with Gasteiger partial charge < -0.3 is 10.1 Å². The highest BCUT2D eigenvalue weighted by atomic mass is 32.1. The molecule has 1 N–H and O–H groups in total. The lowest BCUT2D eigenvalue weighted by molar-refractivity contribution is 0.414. The van der Waals surface area contributed by atoms with Crippen molar-refractivity contribution in [1.82, 2.24) is 14.9 Å². The standard InChI is InChI=1S/C14H19N3OS/c1-4-15-13(14-10(2)16-17-19-14)9-11-6-5-7-12(8-11)18-3/h5-8,13,15H,4,9H2,1-3H3. The van der Waals surface area contributed by atoms with Crippen molar-refractivity contribution < 1.29 is 4.74 Å². The molecule has 1 unspecified atom stereocenters. The van der Waals surface area contributed by atoms with Crippen molar-refractivity contribution in [3.63, 3.8) is 0 Å². The number of aryl methyl sites for hydroxylation is 1. The first kappa shape index (κ1) is 14.0. The third kappa shape index (κ3) is 3.52. The van der Waals surface area contributed by atoms with Crippen LogP contribution in [-0.2, 0) is 6.42 Å². The highest BCUT2D eigenvalue weighted by Crippen LogP contribution is 2.25. The maximum atomic E-state index is 5.27. The number of hydrogen-bond acceptors (Lipinski definition) is 5. The lowest BCUT2D eigenvalue weighted by Crippen LogP contribution is -2.22. The Balaban J connectivity index is 2.18. The van der Waals surface area contributed by atoms with Crippen LogP contribution in [0.1, 0.15) is 29.1 Å². The Morgan fingerprint density at radius 2 is 2.26 bits per heavy atom. The van der Waals surface area contributed by atoms with Gasteiger partial charge in [-0.05, 0) is 49.1 Å². The fourth-order valence-electron chi connectivity index (χ4n) is 2.10. The molecule has 2 aromatic rings. The van der Waals surface area contributed by atoms with Crippen LogP contribution in [-0.4, -0.2) is 23.2 Å². The zero-order valence-corrected chi connectivity index (χ0v) is 12.3. The van der Waals surface area contributed by atoms with Gasteiger partial charge in [-0.15, -0.1) is 5.10 Å². The summed E-state index contributed by atoms with van der Waals surface area (Å²) in [6, 6.07) is 8.45. The van der Waals surface area contributed by atoms with Gasteiger partial charge in [0.25, 0.3) is 0 Å². The summed E-state index contributed by atoms with van der Waals surface area (Å²) in [6.45, 7) is 5.04. The van der Waals surface area contributed by atoms with E-state index >= 15 is 0 Å². The molecular weight excluding hydrogens is 258 g/mol. The van der Waals surface area contributed by atoms with E-state index in [4.69, 9.17) is 4.74 Å². The SMILES string of the molecule is CCNC(Cc1cccc(OC)c1)c1snnc1C. The molecule has 0 fully saturated rings. The normalized spacial score (nSPS) is 12.4. The summed E-state index contributed by atoms with van der Waals surface area (Å²) in [5.74, 6) is 0.895. The number of methoxy groups -OCH3 is 1. The first-order chi connectivity index (χ1) is 9.24. The second-order valence-electron chi connectivity index (χ2n) is 4.39. The molecule has 0 amide bonds. The van der Waals surface area contributed by atoms with Crippen LogP contribution in [0, 0.1) is 6.92 Å². The number of benzene rings is 1. The largest absolute Gasteiger partial charge is 0.497 e. The van der Waals surface area contributed by atoms with Gasteiger partial charge in [-0.2, -0.15) is 0 Å². The highest BCUT2D eigenvalue weighted by molar-refractivity contribution is 7.05. The lowest BCUT2D eigenvalue weighted by atomic mass is 10.0. The van der Waals surface area contributed by atoms with Gasteiger partial charge in [0, 0.05) is 6.04 Å². The maximum Gasteiger partial charge on any atom is 0.119 e. The van der Waals surface area contributed by atoms with Gasteiger partial charge in [0.05, 0.1) is 17.7 Å². The Morgan fingerprint density at radius 1 is 1.42 bits per heavy atom. The van der Waals surface area contributed by atoms with E-state index in [9.17, 15) is 0 Å². The van der Waals surface area contributed by atoms with Gasteiger partial charge >= 0.3 is 0 Å². The Hall–Kier alpha value is -1.46. The molecule has 5 heteroatoms. The monoisotopic (exact) mass is 277 g/mol. The molecule has 1 atom stereocenters.